The first-order chi connectivity index (χ1) is 10.1. The van der Waals surface area contributed by atoms with Crippen LogP contribution >= 0.6 is 11.3 Å². The van der Waals surface area contributed by atoms with E-state index in [2.05, 4.69) is 24.1 Å². The molecule has 1 unspecified atom stereocenters. The number of nitrogens with zero attached hydrogens (tertiary/aromatic N) is 2. The van der Waals surface area contributed by atoms with Gasteiger partial charge in [0.1, 0.15) is 6.04 Å². The molecule has 21 heavy (non-hydrogen) atoms. The van der Waals surface area contributed by atoms with Crippen molar-refractivity contribution in [3.63, 3.8) is 0 Å². The minimum atomic E-state index is -0.137. The summed E-state index contributed by atoms with van der Waals surface area (Å²) in [6.45, 7) is 4.93. The molecule has 1 atom stereocenters. The molecule has 1 amide bonds. The first kappa shape index (κ1) is 14.1. The number of carbonyl (C=O) groups is 1. The molecule has 2 heterocycles. The smallest absolute Gasteiger partial charge is 0.245 e. The number of amides is 1. The Morgan fingerprint density at radius 2 is 2.10 bits per heavy atom. The maximum absolute atomic E-state index is 12.3. The lowest BCUT2D eigenvalue weighted by atomic mass is 10.2. The van der Waals surface area contributed by atoms with Crippen molar-refractivity contribution < 1.29 is 4.79 Å². The number of aromatic nitrogens is 1. The number of nitrogens with one attached hydrogen (secondary N) is 1. The van der Waals surface area contributed by atoms with Crippen LogP contribution in [0.15, 0.2) is 35.7 Å². The van der Waals surface area contributed by atoms with Gasteiger partial charge in [-0.3, -0.25) is 4.79 Å². The predicted molar refractivity (Wildman–Crippen MR) is 86.4 cm³/mol. The number of hydrogen-bond donors (Lipinski definition) is 1. The molecule has 5 heteroatoms. The Bertz CT molecular complexity index is 623. The summed E-state index contributed by atoms with van der Waals surface area (Å²) >= 11 is 1.55. The highest BCUT2D eigenvalue weighted by atomic mass is 32.1. The van der Waals surface area contributed by atoms with Gasteiger partial charge in [-0.15, -0.1) is 11.3 Å². The van der Waals surface area contributed by atoms with Crippen LogP contribution in [0.4, 0.5) is 5.13 Å². The van der Waals surface area contributed by atoms with Crippen molar-refractivity contribution in [2.45, 2.75) is 32.4 Å². The molecule has 1 N–H and O–H groups in total. The second-order valence-corrected chi connectivity index (χ2v) is 6.37. The standard InChI is InChI=1S/C16H19N3OS/c1-11(2)19-9-8-13(15(19)20)17-16-18-14(10-21-16)12-6-4-3-5-7-12/h3-7,10-11,13H,8-9H2,1-2H3,(H,17,18). The van der Waals surface area contributed by atoms with Crippen LogP contribution in [0.5, 0.6) is 0 Å². The van der Waals surface area contributed by atoms with Crippen LogP contribution in [-0.2, 0) is 4.79 Å². The van der Waals surface area contributed by atoms with E-state index in [1.807, 2.05) is 40.6 Å². The van der Waals surface area contributed by atoms with Gasteiger partial charge in [0.2, 0.25) is 5.91 Å². The Morgan fingerprint density at radius 3 is 2.76 bits per heavy atom. The average molecular weight is 301 g/mol. The number of likely N-dealkylation sites (tertiary alicyclic amines) is 1. The Hall–Kier alpha value is -1.88. The van der Waals surface area contributed by atoms with Gasteiger partial charge in [0, 0.05) is 23.5 Å². The van der Waals surface area contributed by atoms with Crippen LogP contribution in [0, 0.1) is 0 Å². The maximum atomic E-state index is 12.3. The van der Waals surface area contributed by atoms with Crippen molar-refractivity contribution in [1.82, 2.24) is 9.88 Å². The van der Waals surface area contributed by atoms with E-state index in [-0.39, 0.29) is 18.0 Å². The van der Waals surface area contributed by atoms with Crippen molar-refractivity contribution >= 4 is 22.4 Å². The van der Waals surface area contributed by atoms with Gasteiger partial charge < -0.3 is 10.2 Å². The third-order valence-corrected chi connectivity index (χ3v) is 4.51. The van der Waals surface area contributed by atoms with E-state index < -0.39 is 0 Å². The van der Waals surface area contributed by atoms with Gasteiger partial charge in [-0.1, -0.05) is 30.3 Å². The highest BCUT2D eigenvalue weighted by Crippen LogP contribution is 2.26. The molecule has 1 aromatic carbocycles. The minimum absolute atomic E-state index is 0.137. The number of rotatable bonds is 4. The molecule has 2 aromatic rings. The lowest BCUT2D eigenvalue weighted by Gasteiger charge is -2.20. The van der Waals surface area contributed by atoms with Crippen LogP contribution in [-0.4, -0.2) is 34.4 Å². The van der Waals surface area contributed by atoms with Crippen LogP contribution in [0.2, 0.25) is 0 Å². The molecule has 0 saturated carbocycles. The summed E-state index contributed by atoms with van der Waals surface area (Å²) in [5.41, 5.74) is 2.05. The number of anilines is 1. The highest BCUT2D eigenvalue weighted by Gasteiger charge is 2.33. The molecule has 1 aromatic heterocycles. The molecule has 0 radical (unpaired) electrons. The predicted octanol–water partition coefficient (Wildman–Crippen LogP) is 3.23. The summed E-state index contributed by atoms with van der Waals surface area (Å²) < 4.78 is 0. The Kier molecular flexibility index (Phi) is 3.92. The molecular formula is C16H19N3OS. The van der Waals surface area contributed by atoms with Crippen molar-refractivity contribution in [2.24, 2.45) is 0 Å². The summed E-state index contributed by atoms with van der Waals surface area (Å²) in [7, 11) is 0. The van der Waals surface area contributed by atoms with Gasteiger partial charge in [0.25, 0.3) is 0 Å². The first-order valence-electron chi connectivity index (χ1n) is 7.23. The van der Waals surface area contributed by atoms with E-state index >= 15 is 0 Å². The highest BCUT2D eigenvalue weighted by molar-refractivity contribution is 7.14. The maximum Gasteiger partial charge on any atom is 0.245 e. The SMILES string of the molecule is CC(C)N1CCC(Nc2nc(-c3ccccc3)cs2)C1=O. The van der Waals surface area contributed by atoms with Crippen molar-refractivity contribution in [3.8, 4) is 11.3 Å². The van der Waals surface area contributed by atoms with Gasteiger partial charge in [-0.2, -0.15) is 0 Å². The number of carbonyl (C=O) groups excluding carboxylic acids is 1. The zero-order valence-electron chi connectivity index (χ0n) is 12.2. The van der Waals surface area contributed by atoms with Crippen LogP contribution in [0.25, 0.3) is 11.3 Å². The Balaban J connectivity index is 1.70. The van der Waals surface area contributed by atoms with Gasteiger partial charge in [0.15, 0.2) is 5.13 Å². The van der Waals surface area contributed by atoms with E-state index in [1.165, 1.54) is 0 Å². The van der Waals surface area contributed by atoms with E-state index in [1.54, 1.807) is 11.3 Å². The summed E-state index contributed by atoms with van der Waals surface area (Å²) in [6.07, 6.45) is 0.845. The second kappa shape index (κ2) is 5.85. The molecule has 0 aliphatic carbocycles. The monoisotopic (exact) mass is 301 g/mol. The van der Waals surface area contributed by atoms with Gasteiger partial charge in [0.05, 0.1) is 5.69 Å². The summed E-state index contributed by atoms with van der Waals surface area (Å²) in [5.74, 6) is 0.182. The quantitative estimate of drug-likeness (QED) is 0.943. The summed E-state index contributed by atoms with van der Waals surface area (Å²) in [6, 6.07) is 10.2. The van der Waals surface area contributed by atoms with E-state index in [4.69, 9.17) is 0 Å². The zero-order valence-corrected chi connectivity index (χ0v) is 13.1. The van der Waals surface area contributed by atoms with Gasteiger partial charge in [-0.05, 0) is 20.3 Å². The molecule has 1 fully saturated rings. The molecule has 1 aliphatic rings. The van der Waals surface area contributed by atoms with Gasteiger partial charge >= 0.3 is 0 Å². The normalized spacial score (nSPS) is 18.5. The minimum Gasteiger partial charge on any atom is -0.350 e. The zero-order chi connectivity index (χ0) is 14.8. The van der Waals surface area contributed by atoms with Crippen LogP contribution < -0.4 is 5.32 Å². The van der Waals surface area contributed by atoms with Crippen molar-refractivity contribution in [2.75, 3.05) is 11.9 Å². The third kappa shape index (κ3) is 2.93. The lowest BCUT2D eigenvalue weighted by Crippen LogP contribution is -2.37. The first-order valence-corrected chi connectivity index (χ1v) is 8.11. The van der Waals surface area contributed by atoms with Crippen molar-refractivity contribution in [1.29, 1.82) is 0 Å². The fraction of sp³-hybridized carbons (Fsp3) is 0.375. The van der Waals surface area contributed by atoms with Crippen molar-refractivity contribution in [3.05, 3.63) is 35.7 Å². The molecule has 4 nitrogen and oxygen atoms in total. The van der Waals surface area contributed by atoms with Gasteiger partial charge in [-0.25, -0.2) is 4.98 Å². The summed E-state index contributed by atoms with van der Waals surface area (Å²) in [5, 5.41) is 6.12. The second-order valence-electron chi connectivity index (χ2n) is 5.51. The summed E-state index contributed by atoms with van der Waals surface area (Å²) in [4.78, 5) is 18.8. The molecular weight excluding hydrogens is 282 g/mol. The molecule has 1 aliphatic heterocycles. The van der Waals surface area contributed by atoms with Crippen LogP contribution in [0.1, 0.15) is 20.3 Å². The van der Waals surface area contributed by atoms with Crippen LogP contribution in [0.3, 0.4) is 0 Å². The van der Waals surface area contributed by atoms with E-state index in [9.17, 15) is 4.79 Å². The molecule has 1 saturated heterocycles. The number of benzene rings is 1. The lowest BCUT2D eigenvalue weighted by molar-refractivity contribution is -0.129. The van der Waals surface area contributed by atoms with E-state index in [0.717, 1.165) is 29.4 Å². The Morgan fingerprint density at radius 1 is 1.33 bits per heavy atom. The largest absolute Gasteiger partial charge is 0.350 e. The molecule has 0 spiro atoms. The Labute approximate surface area is 128 Å². The topological polar surface area (TPSA) is 45.2 Å². The fourth-order valence-corrected chi connectivity index (χ4v) is 3.35. The third-order valence-electron chi connectivity index (χ3n) is 3.73. The van der Waals surface area contributed by atoms with E-state index in [0.29, 0.717) is 0 Å². The number of thiazole rings is 1. The molecule has 110 valence electrons. The number of hydrogen-bond acceptors (Lipinski definition) is 4. The molecule has 0 bridgehead atoms. The fourth-order valence-electron chi connectivity index (χ4n) is 2.58. The molecule has 3 rings (SSSR count). The average Bonchev–Trinajstić information content (AvgIpc) is 3.08.